The second kappa shape index (κ2) is 7.75. The number of nitrogens with one attached hydrogen (secondary N) is 1. The fourth-order valence-corrected chi connectivity index (χ4v) is 2.56. The summed E-state index contributed by atoms with van der Waals surface area (Å²) in [5.74, 6) is 0.968. The van der Waals surface area contributed by atoms with Gasteiger partial charge in [0.15, 0.2) is 0 Å². The summed E-state index contributed by atoms with van der Waals surface area (Å²) < 4.78 is 5.54. The van der Waals surface area contributed by atoms with Crippen molar-refractivity contribution in [3.05, 3.63) is 29.3 Å². The second-order valence-corrected chi connectivity index (χ2v) is 6.01. The van der Waals surface area contributed by atoms with Gasteiger partial charge in [-0.1, -0.05) is 12.1 Å². The maximum Gasteiger partial charge on any atom is 0.123 e. The van der Waals surface area contributed by atoms with Gasteiger partial charge in [-0.05, 0) is 32.8 Å². The van der Waals surface area contributed by atoms with Crippen LogP contribution in [-0.4, -0.2) is 69.2 Å². The van der Waals surface area contributed by atoms with Crippen molar-refractivity contribution >= 4 is 0 Å². The van der Waals surface area contributed by atoms with Gasteiger partial charge in [0.1, 0.15) is 5.75 Å². The highest BCUT2D eigenvalue weighted by Crippen LogP contribution is 2.21. The number of rotatable bonds is 6. The summed E-state index contributed by atoms with van der Waals surface area (Å²) >= 11 is 0. The van der Waals surface area contributed by atoms with Crippen LogP contribution in [0, 0.1) is 0 Å². The van der Waals surface area contributed by atoms with Gasteiger partial charge in [0.2, 0.25) is 0 Å². The molecule has 0 atom stereocenters. The normalized spacial score (nSPS) is 17.4. The van der Waals surface area contributed by atoms with E-state index in [1.807, 2.05) is 0 Å². The highest BCUT2D eigenvalue weighted by molar-refractivity contribution is 5.37. The van der Waals surface area contributed by atoms with Crippen molar-refractivity contribution in [1.82, 2.24) is 20.2 Å². The first-order chi connectivity index (χ1) is 10.1. The van der Waals surface area contributed by atoms with Crippen LogP contribution in [0.3, 0.4) is 0 Å². The van der Waals surface area contributed by atoms with Gasteiger partial charge in [-0.15, -0.1) is 0 Å². The first-order valence-corrected chi connectivity index (χ1v) is 7.56. The van der Waals surface area contributed by atoms with Gasteiger partial charge in [0, 0.05) is 44.8 Å². The van der Waals surface area contributed by atoms with Crippen LogP contribution in [0.25, 0.3) is 0 Å². The first-order valence-electron chi connectivity index (χ1n) is 7.56. The third-order valence-electron chi connectivity index (χ3n) is 3.85. The largest absolute Gasteiger partial charge is 0.496 e. The van der Waals surface area contributed by atoms with Crippen molar-refractivity contribution in [2.24, 2.45) is 0 Å². The van der Waals surface area contributed by atoms with E-state index in [9.17, 15) is 0 Å². The Morgan fingerprint density at radius 3 is 2.52 bits per heavy atom. The summed E-state index contributed by atoms with van der Waals surface area (Å²) in [7, 11) is 8.07. The van der Waals surface area contributed by atoms with Crippen LogP contribution in [-0.2, 0) is 13.1 Å². The average Bonchev–Trinajstić information content (AvgIpc) is 2.47. The maximum atomic E-state index is 5.54. The fourth-order valence-electron chi connectivity index (χ4n) is 2.56. The van der Waals surface area contributed by atoms with E-state index >= 15 is 0 Å². The Morgan fingerprint density at radius 2 is 1.90 bits per heavy atom. The summed E-state index contributed by atoms with van der Waals surface area (Å²) in [6, 6.07) is 6.49. The van der Waals surface area contributed by atoms with Crippen molar-refractivity contribution in [2.75, 3.05) is 54.4 Å². The van der Waals surface area contributed by atoms with Crippen LogP contribution in [0.1, 0.15) is 11.1 Å². The van der Waals surface area contributed by atoms with Gasteiger partial charge in [-0.25, -0.2) is 5.01 Å². The molecule has 1 aliphatic rings. The van der Waals surface area contributed by atoms with E-state index in [0.717, 1.165) is 45.0 Å². The van der Waals surface area contributed by atoms with Gasteiger partial charge >= 0.3 is 0 Å². The summed E-state index contributed by atoms with van der Waals surface area (Å²) in [5.41, 5.74) is 5.99. The van der Waals surface area contributed by atoms with Crippen LogP contribution < -0.4 is 10.2 Å². The van der Waals surface area contributed by atoms with Crippen LogP contribution in [0.4, 0.5) is 0 Å². The molecule has 1 aliphatic heterocycles. The molecule has 0 spiro atoms. The number of hydrogen-bond donors (Lipinski definition) is 1. The molecule has 21 heavy (non-hydrogen) atoms. The van der Waals surface area contributed by atoms with E-state index in [-0.39, 0.29) is 0 Å². The molecule has 1 saturated heterocycles. The van der Waals surface area contributed by atoms with Gasteiger partial charge in [0.05, 0.1) is 7.11 Å². The number of nitrogens with zero attached hydrogens (tertiary/aromatic N) is 3. The molecule has 5 nitrogen and oxygen atoms in total. The summed E-state index contributed by atoms with van der Waals surface area (Å²) in [4.78, 5) is 4.52. The molecule has 0 unspecified atom stereocenters. The SMILES string of the molecule is COc1cc(CN(C)C)ccc1CNN1CCN(C)CC1. The first kappa shape index (κ1) is 16.2. The van der Waals surface area contributed by atoms with E-state index in [2.05, 4.69) is 59.6 Å². The lowest BCUT2D eigenvalue weighted by Crippen LogP contribution is -2.50. The molecular formula is C16H28N4O. The number of likely N-dealkylation sites (N-methyl/N-ethyl adjacent to an activating group) is 1. The lowest BCUT2D eigenvalue weighted by molar-refractivity contribution is 0.102. The maximum absolute atomic E-state index is 5.54. The molecule has 1 aromatic rings. The van der Waals surface area contributed by atoms with Crippen LogP contribution in [0.5, 0.6) is 5.75 Å². The topological polar surface area (TPSA) is 31.0 Å². The minimum atomic E-state index is 0.815. The molecule has 1 aromatic carbocycles. The van der Waals surface area contributed by atoms with Crippen molar-refractivity contribution in [3.63, 3.8) is 0 Å². The quantitative estimate of drug-likeness (QED) is 0.846. The molecular weight excluding hydrogens is 264 g/mol. The molecule has 2 rings (SSSR count). The van der Waals surface area contributed by atoms with E-state index in [1.165, 1.54) is 11.1 Å². The molecule has 5 heteroatoms. The average molecular weight is 292 g/mol. The van der Waals surface area contributed by atoms with Gasteiger partial charge in [0.25, 0.3) is 0 Å². The van der Waals surface area contributed by atoms with E-state index in [4.69, 9.17) is 4.74 Å². The fraction of sp³-hybridized carbons (Fsp3) is 0.625. The zero-order chi connectivity index (χ0) is 15.2. The Bertz CT molecular complexity index is 442. The smallest absolute Gasteiger partial charge is 0.123 e. The van der Waals surface area contributed by atoms with Crippen LogP contribution in [0.2, 0.25) is 0 Å². The molecule has 0 bridgehead atoms. The Labute approximate surface area is 128 Å². The minimum Gasteiger partial charge on any atom is -0.496 e. The molecule has 0 aromatic heterocycles. The molecule has 0 saturated carbocycles. The summed E-state index contributed by atoms with van der Waals surface area (Å²) in [6.45, 7) is 6.12. The molecule has 0 aliphatic carbocycles. The third kappa shape index (κ3) is 4.97. The zero-order valence-electron chi connectivity index (χ0n) is 13.7. The molecule has 0 amide bonds. The van der Waals surface area contributed by atoms with Gasteiger partial charge < -0.3 is 14.5 Å². The number of methoxy groups -OCH3 is 1. The second-order valence-electron chi connectivity index (χ2n) is 6.01. The van der Waals surface area contributed by atoms with Crippen LogP contribution >= 0.6 is 0 Å². The number of piperazine rings is 1. The Morgan fingerprint density at radius 1 is 1.19 bits per heavy atom. The Balaban J connectivity index is 1.93. The Hall–Kier alpha value is -1.14. The predicted octanol–water partition coefficient (Wildman–Crippen LogP) is 1.01. The van der Waals surface area contributed by atoms with E-state index in [1.54, 1.807) is 7.11 Å². The molecule has 118 valence electrons. The van der Waals surface area contributed by atoms with Crippen molar-refractivity contribution in [2.45, 2.75) is 13.1 Å². The number of benzene rings is 1. The van der Waals surface area contributed by atoms with Crippen LogP contribution in [0.15, 0.2) is 18.2 Å². The van der Waals surface area contributed by atoms with E-state index < -0.39 is 0 Å². The van der Waals surface area contributed by atoms with Gasteiger partial charge in [-0.2, -0.15) is 0 Å². The minimum absolute atomic E-state index is 0.815. The van der Waals surface area contributed by atoms with Crippen molar-refractivity contribution in [3.8, 4) is 5.75 Å². The highest BCUT2D eigenvalue weighted by Gasteiger charge is 2.14. The predicted molar refractivity (Wildman–Crippen MR) is 86.3 cm³/mol. The lowest BCUT2D eigenvalue weighted by Gasteiger charge is -2.32. The monoisotopic (exact) mass is 292 g/mol. The Kier molecular flexibility index (Phi) is 5.99. The molecule has 0 radical (unpaired) electrons. The molecule has 1 fully saturated rings. The van der Waals surface area contributed by atoms with Crippen molar-refractivity contribution in [1.29, 1.82) is 0 Å². The standard InChI is InChI=1S/C16H28N4O/c1-18(2)13-14-5-6-15(16(11-14)21-4)12-17-20-9-7-19(3)8-10-20/h5-6,11,17H,7-10,12-13H2,1-4H3. The molecule has 1 N–H and O–H groups in total. The third-order valence-corrected chi connectivity index (χ3v) is 3.85. The zero-order valence-corrected chi connectivity index (χ0v) is 13.7. The number of ether oxygens (including phenoxy) is 1. The summed E-state index contributed by atoms with van der Waals surface area (Å²) in [6.07, 6.45) is 0. The van der Waals surface area contributed by atoms with E-state index in [0.29, 0.717) is 0 Å². The molecule has 1 heterocycles. The lowest BCUT2D eigenvalue weighted by atomic mass is 10.1. The number of hydrogen-bond acceptors (Lipinski definition) is 5. The summed E-state index contributed by atoms with van der Waals surface area (Å²) in [5, 5.41) is 2.30. The number of hydrazine groups is 1. The highest BCUT2D eigenvalue weighted by atomic mass is 16.5. The van der Waals surface area contributed by atoms with Crippen molar-refractivity contribution < 1.29 is 4.74 Å². The van der Waals surface area contributed by atoms with Gasteiger partial charge in [-0.3, -0.25) is 5.43 Å².